The van der Waals surface area contributed by atoms with Gasteiger partial charge in [-0.05, 0) is 26.0 Å². The molecule has 0 saturated carbocycles. The number of benzene rings is 1. The third kappa shape index (κ3) is 5.34. The fourth-order valence-electron chi connectivity index (χ4n) is 2.15. The molecule has 0 saturated heterocycles. The number of rotatable bonds is 6. The summed E-state index contributed by atoms with van der Waals surface area (Å²) in [6.45, 7) is 3.69. The lowest BCUT2D eigenvalue weighted by Gasteiger charge is -2.08. The zero-order valence-electron chi connectivity index (χ0n) is 14.5. The van der Waals surface area contributed by atoms with Crippen molar-refractivity contribution in [3.05, 3.63) is 64.6 Å². The lowest BCUT2D eigenvalue weighted by atomic mass is 10.1. The van der Waals surface area contributed by atoms with Gasteiger partial charge in [-0.25, -0.2) is 14.4 Å². The zero-order chi connectivity index (χ0) is 18.9. The molecule has 136 valence electrons. The van der Waals surface area contributed by atoms with E-state index < -0.39 is 17.7 Å². The Kier molecular flexibility index (Phi) is 6.73. The number of allylic oxidation sites excluding steroid dienone is 3. The topological polar surface area (TPSA) is 94.8 Å². The highest BCUT2D eigenvalue weighted by Gasteiger charge is 2.10. The fourth-order valence-corrected chi connectivity index (χ4v) is 2.15. The highest BCUT2D eigenvalue weighted by atomic mass is 16.5. The summed E-state index contributed by atoms with van der Waals surface area (Å²) in [6, 6.07) is 6.07. The number of amides is 1. The standard InChI is InChI=1S/C19H19NO6/c1-3-5-6-7-17(21)25-12-13-10-18(22)26-16-11-14(8-9-15(13)16)20-19(23)24-4-2/h3,5-11H,4,12H2,1-2H3,(H,20,23)/b5-3+,7-6+. The van der Waals surface area contributed by atoms with E-state index in [1.807, 2.05) is 6.92 Å². The van der Waals surface area contributed by atoms with Crippen molar-refractivity contribution in [1.29, 1.82) is 0 Å². The maximum Gasteiger partial charge on any atom is 0.411 e. The Morgan fingerprint density at radius 3 is 2.73 bits per heavy atom. The van der Waals surface area contributed by atoms with E-state index in [0.717, 1.165) is 0 Å². The van der Waals surface area contributed by atoms with Crippen LogP contribution in [0.5, 0.6) is 0 Å². The predicted octanol–water partition coefficient (Wildman–Crippen LogP) is 3.54. The number of nitrogens with one attached hydrogen (secondary N) is 1. The molecule has 0 fully saturated rings. The quantitative estimate of drug-likeness (QED) is 0.368. The summed E-state index contributed by atoms with van der Waals surface area (Å²) in [5.74, 6) is -0.523. The summed E-state index contributed by atoms with van der Waals surface area (Å²) in [5.41, 5.74) is 0.609. The average molecular weight is 357 g/mol. The molecule has 0 radical (unpaired) electrons. The Labute approximate surface area is 149 Å². The molecule has 7 heteroatoms. The Morgan fingerprint density at radius 1 is 1.19 bits per heavy atom. The van der Waals surface area contributed by atoms with Crippen molar-refractivity contribution in [3.8, 4) is 0 Å². The van der Waals surface area contributed by atoms with Crippen LogP contribution in [0.15, 0.2) is 57.8 Å². The molecule has 2 aromatic rings. The van der Waals surface area contributed by atoms with Gasteiger partial charge in [0, 0.05) is 34.8 Å². The largest absolute Gasteiger partial charge is 0.458 e. The minimum atomic E-state index is -0.604. The Morgan fingerprint density at radius 2 is 2.00 bits per heavy atom. The first-order valence-corrected chi connectivity index (χ1v) is 8.00. The molecule has 0 aliphatic carbocycles. The van der Waals surface area contributed by atoms with Crippen LogP contribution in [0.3, 0.4) is 0 Å². The average Bonchev–Trinajstić information content (AvgIpc) is 2.59. The second-order valence-corrected chi connectivity index (χ2v) is 5.14. The minimum Gasteiger partial charge on any atom is -0.458 e. The van der Waals surface area contributed by atoms with Gasteiger partial charge in [0.25, 0.3) is 0 Å². The molecule has 1 N–H and O–H groups in total. The van der Waals surface area contributed by atoms with Crippen LogP contribution in [0.1, 0.15) is 19.4 Å². The molecule has 26 heavy (non-hydrogen) atoms. The van der Waals surface area contributed by atoms with Gasteiger partial charge in [0.05, 0.1) is 6.61 Å². The van der Waals surface area contributed by atoms with Crippen LogP contribution in [-0.4, -0.2) is 18.7 Å². The smallest absolute Gasteiger partial charge is 0.411 e. The van der Waals surface area contributed by atoms with Crippen molar-refractivity contribution >= 4 is 28.7 Å². The molecule has 1 heterocycles. The fraction of sp³-hybridized carbons (Fsp3) is 0.211. The molecular formula is C19H19NO6. The molecule has 0 bridgehead atoms. The second kappa shape index (κ2) is 9.22. The second-order valence-electron chi connectivity index (χ2n) is 5.14. The lowest BCUT2D eigenvalue weighted by molar-refractivity contribution is -0.138. The van der Waals surface area contributed by atoms with E-state index in [-0.39, 0.29) is 18.8 Å². The highest BCUT2D eigenvalue weighted by molar-refractivity contribution is 5.90. The van der Waals surface area contributed by atoms with Gasteiger partial charge in [-0.1, -0.05) is 18.2 Å². The summed E-state index contributed by atoms with van der Waals surface area (Å²) >= 11 is 0. The SMILES string of the molecule is C/C=C/C=C/C(=O)OCc1cc(=O)oc2cc(NC(=O)OCC)ccc12. The summed E-state index contributed by atoms with van der Waals surface area (Å²) < 4.78 is 15.1. The van der Waals surface area contributed by atoms with E-state index in [1.165, 1.54) is 18.2 Å². The molecule has 0 atom stereocenters. The van der Waals surface area contributed by atoms with Crippen molar-refractivity contribution in [3.63, 3.8) is 0 Å². The number of carbonyl (C=O) groups excluding carboxylic acids is 2. The lowest BCUT2D eigenvalue weighted by Crippen LogP contribution is -2.13. The normalized spacial score (nSPS) is 11.2. The number of esters is 1. The van der Waals surface area contributed by atoms with E-state index in [0.29, 0.717) is 16.6 Å². The van der Waals surface area contributed by atoms with Crippen molar-refractivity contribution in [2.24, 2.45) is 0 Å². The summed E-state index contributed by atoms with van der Waals surface area (Å²) in [6.07, 6.45) is 5.72. The molecular weight excluding hydrogens is 338 g/mol. The molecule has 7 nitrogen and oxygen atoms in total. The van der Waals surface area contributed by atoms with Crippen LogP contribution >= 0.6 is 0 Å². The summed E-state index contributed by atoms with van der Waals surface area (Å²) in [4.78, 5) is 34.9. The first kappa shape index (κ1) is 19.0. The van der Waals surface area contributed by atoms with E-state index in [9.17, 15) is 14.4 Å². The van der Waals surface area contributed by atoms with E-state index in [2.05, 4.69) is 5.32 Å². The van der Waals surface area contributed by atoms with Crippen LogP contribution in [0.4, 0.5) is 10.5 Å². The number of ether oxygens (including phenoxy) is 2. The molecule has 1 amide bonds. The van der Waals surface area contributed by atoms with Gasteiger partial charge < -0.3 is 13.9 Å². The maximum atomic E-state index is 11.8. The minimum absolute atomic E-state index is 0.0776. The Bertz CT molecular complexity index is 910. The van der Waals surface area contributed by atoms with Crippen molar-refractivity contribution in [1.82, 2.24) is 0 Å². The van der Waals surface area contributed by atoms with Crippen molar-refractivity contribution in [2.75, 3.05) is 11.9 Å². The van der Waals surface area contributed by atoms with Crippen LogP contribution in [0, 0.1) is 0 Å². The molecule has 0 aliphatic heterocycles. The summed E-state index contributed by atoms with van der Waals surface area (Å²) in [5, 5.41) is 3.13. The third-order valence-corrected chi connectivity index (χ3v) is 3.26. The van der Waals surface area contributed by atoms with Gasteiger partial charge in [0.1, 0.15) is 12.2 Å². The van der Waals surface area contributed by atoms with Crippen LogP contribution in [0.2, 0.25) is 0 Å². The Hall–Kier alpha value is -3.35. The summed E-state index contributed by atoms with van der Waals surface area (Å²) in [7, 11) is 0. The van der Waals surface area contributed by atoms with Gasteiger partial charge in [-0.15, -0.1) is 0 Å². The van der Waals surface area contributed by atoms with Crippen LogP contribution < -0.4 is 10.9 Å². The van der Waals surface area contributed by atoms with E-state index in [4.69, 9.17) is 13.9 Å². The number of fused-ring (bicyclic) bond motifs is 1. The van der Waals surface area contributed by atoms with Crippen molar-refractivity contribution < 1.29 is 23.5 Å². The number of anilines is 1. The van der Waals surface area contributed by atoms with Gasteiger partial charge in [0.2, 0.25) is 0 Å². The third-order valence-electron chi connectivity index (χ3n) is 3.26. The van der Waals surface area contributed by atoms with Gasteiger partial charge >= 0.3 is 17.7 Å². The first-order valence-electron chi connectivity index (χ1n) is 8.00. The molecule has 0 aliphatic rings. The van der Waals surface area contributed by atoms with E-state index in [1.54, 1.807) is 37.3 Å². The number of carbonyl (C=O) groups is 2. The van der Waals surface area contributed by atoms with Crippen molar-refractivity contribution in [2.45, 2.75) is 20.5 Å². The molecule has 1 aromatic heterocycles. The molecule has 2 rings (SSSR count). The monoisotopic (exact) mass is 357 g/mol. The maximum absolute atomic E-state index is 11.8. The number of hydrogen-bond donors (Lipinski definition) is 1. The van der Waals surface area contributed by atoms with Crippen LogP contribution in [0.25, 0.3) is 11.0 Å². The van der Waals surface area contributed by atoms with Gasteiger partial charge in [-0.2, -0.15) is 0 Å². The zero-order valence-corrected chi connectivity index (χ0v) is 14.5. The first-order chi connectivity index (χ1) is 12.5. The van der Waals surface area contributed by atoms with Gasteiger partial charge in [0.15, 0.2) is 0 Å². The number of hydrogen-bond acceptors (Lipinski definition) is 6. The van der Waals surface area contributed by atoms with Crippen LogP contribution in [-0.2, 0) is 20.9 Å². The Balaban J connectivity index is 2.21. The molecule has 0 unspecified atom stereocenters. The molecule has 1 aromatic carbocycles. The van der Waals surface area contributed by atoms with E-state index >= 15 is 0 Å². The highest BCUT2D eigenvalue weighted by Crippen LogP contribution is 2.22. The molecule has 0 spiro atoms. The predicted molar refractivity (Wildman–Crippen MR) is 96.9 cm³/mol. The van der Waals surface area contributed by atoms with Gasteiger partial charge in [-0.3, -0.25) is 5.32 Å².